The Bertz CT molecular complexity index is 673. The highest BCUT2D eigenvalue weighted by atomic mass is 35.5. The lowest BCUT2D eigenvalue weighted by Gasteiger charge is -2.10. The number of para-hydroxylation sites is 1. The average Bonchev–Trinajstić information content (AvgIpc) is 2.49. The Morgan fingerprint density at radius 1 is 1.29 bits per heavy atom. The summed E-state index contributed by atoms with van der Waals surface area (Å²) in [6.45, 7) is 0. The Balaban J connectivity index is 2.19. The number of rotatable bonds is 4. The number of carbonyl (C=O) groups excluding carboxylic acids is 2. The van der Waals surface area contributed by atoms with Crippen LogP contribution in [0.5, 0.6) is 0 Å². The first kappa shape index (κ1) is 15.0. The van der Waals surface area contributed by atoms with Crippen LogP contribution in [0.4, 0.5) is 5.69 Å². The van der Waals surface area contributed by atoms with Gasteiger partial charge in [-0.25, -0.2) is 0 Å². The maximum absolute atomic E-state index is 12.1. The van der Waals surface area contributed by atoms with Gasteiger partial charge in [0.25, 0.3) is 5.91 Å². The quantitative estimate of drug-likeness (QED) is 0.882. The monoisotopic (exact) mass is 304 g/mol. The van der Waals surface area contributed by atoms with E-state index in [9.17, 15) is 9.59 Å². The Labute approximate surface area is 126 Å². The number of pyridine rings is 1. The summed E-state index contributed by atoms with van der Waals surface area (Å²) in [6.07, 6.45) is 1.54. The van der Waals surface area contributed by atoms with Gasteiger partial charge in [-0.1, -0.05) is 29.8 Å². The average molecular weight is 305 g/mol. The van der Waals surface area contributed by atoms with E-state index in [1.54, 1.807) is 30.3 Å². The van der Waals surface area contributed by atoms with E-state index < -0.39 is 5.91 Å². The third kappa shape index (κ3) is 4.03. The van der Waals surface area contributed by atoms with Crippen molar-refractivity contribution in [2.24, 2.45) is 0 Å². The number of halogens is 1. The lowest BCUT2D eigenvalue weighted by Crippen LogP contribution is -2.16. The number of ether oxygens (including phenoxy) is 1. The van der Waals surface area contributed by atoms with Crippen molar-refractivity contribution in [2.45, 2.75) is 6.42 Å². The van der Waals surface area contributed by atoms with Gasteiger partial charge in [0.2, 0.25) is 0 Å². The van der Waals surface area contributed by atoms with Gasteiger partial charge < -0.3 is 10.1 Å². The molecule has 6 heteroatoms. The minimum atomic E-state index is -0.394. The highest BCUT2D eigenvalue weighted by Gasteiger charge is 2.12. The molecule has 1 heterocycles. The molecule has 1 aromatic carbocycles. The van der Waals surface area contributed by atoms with Gasteiger partial charge in [0, 0.05) is 16.9 Å². The molecule has 21 heavy (non-hydrogen) atoms. The first-order valence-electron chi connectivity index (χ1n) is 6.18. The third-order valence-corrected chi connectivity index (χ3v) is 3.02. The lowest BCUT2D eigenvalue weighted by atomic mass is 10.1. The van der Waals surface area contributed by atoms with E-state index >= 15 is 0 Å². The molecule has 1 N–H and O–H groups in total. The van der Waals surface area contributed by atoms with E-state index in [2.05, 4.69) is 15.0 Å². The van der Waals surface area contributed by atoms with Crippen LogP contribution in [0.1, 0.15) is 16.1 Å². The molecule has 0 atom stereocenters. The summed E-state index contributed by atoms with van der Waals surface area (Å²) in [5, 5.41) is 3.14. The highest BCUT2D eigenvalue weighted by molar-refractivity contribution is 6.30. The van der Waals surface area contributed by atoms with E-state index in [0.717, 1.165) is 0 Å². The maximum atomic E-state index is 12.1. The molecule has 0 radical (unpaired) electrons. The van der Waals surface area contributed by atoms with Gasteiger partial charge in [0.15, 0.2) is 0 Å². The second-order valence-electron chi connectivity index (χ2n) is 4.22. The number of carbonyl (C=O) groups is 2. The van der Waals surface area contributed by atoms with Crippen molar-refractivity contribution in [3.05, 3.63) is 58.9 Å². The van der Waals surface area contributed by atoms with Crippen LogP contribution in [-0.4, -0.2) is 24.0 Å². The predicted molar refractivity (Wildman–Crippen MR) is 79.4 cm³/mol. The topological polar surface area (TPSA) is 68.3 Å². The summed E-state index contributed by atoms with van der Waals surface area (Å²) >= 11 is 5.83. The van der Waals surface area contributed by atoms with Crippen molar-refractivity contribution < 1.29 is 14.3 Å². The van der Waals surface area contributed by atoms with Gasteiger partial charge in [-0.2, -0.15) is 0 Å². The van der Waals surface area contributed by atoms with Crippen LogP contribution in [0, 0.1) is 0 Å². The zero-order valence-corrected chi connectivity index (χ0v) is 12.1. The van der Waals surface area contributed by atoms with E-state index in [1.807, 2.05) is 0 Å². The number of benzene rings is 1. The SMILES string of the molecule is COC(=O)Cc1ccccc1NC(=O)c1cc(Cl)ccn1. The molecule has 0 aliphatic rings. The number of methoxy groups -OCH3 is 1. The molecule has 0 saturated heterocycles. The normalized spacial score (nSPS) is 10.0. The third-order valence-electron chi connectivity index (χ3n) is 2.78. The molecular weight excluding hydrogens is 292 g/mol. The molecule has 0 spiro atoms. The van der Waals surface area contributed by atoms with E-state index in [4.69, 9.17) is 11.6 Å². The smallest absolute Gasteiger partial charge is 0.310 e. The highest BCUT2D eigenvalue weighted by Crippen LogP contribution is 2.17. The largest absolute Gasteiger partial charge is 0.469 e. The summed E-state index contributed by atoms with van der Waals surface area (Å²) in [4.78, 5) is 27.4. The van der Waals surface area contributed by atoms with Crippen LogP contribution in [0.15, 0.2) is 42.6 Å². The van der Waals surface area contributed by atoms with Gasteiger partial charge in [0.1, 0.15) is 5.69 Å². The zero-order valence-electron chi connectivity index (χ0n) is 11.3. The first-order chi connectivity index (χ1) is 10.1. The van der Waals surface area contributed by atoms with Crippen LogP contribution in [0.3, 0.4) is 0 Å². The summed E-state index contributed by atoms with van der Waals surface area (Å²) in [5.41, 5.74) is 1.41. The zero-order chi connectivity index (χ0) is 15.2. The van der Waals surface area contributed by atoms with E-state index in [1.165, 1.54) is 19.4 Å². The van der Waals surface area contributed by atoms with Crippen LogP contribution in [0.25, 0.3) is 0 Å². The van der Waals surface area contributed by atoms with Crippen molar-refractivity contribution in [3.8, 4) is 0 Å². The number of hydrogen-bond donors (Lipinski definition) is 1. The Hall–Kier alpha value is -2.40. The fourth-order valence-corrected chi connectivity index (χ4v) is 1.90. The summed E-state index contributed by atoms with van der Waals surface area (Å²) in [7, 11) is 1.32. The molecule has 0 fully saturated rings. The molecule has 0 aliphatic carbocycles. The molecule has 0 saturated carbocycles. The number of anilines is 1. The van der Waals surface area contributed by atoms with Gasteiger partial charge in [-0.15, -0.1) is 0 Å². The van der Waals surface area contributed by atoms with E-state index in [-0.39, 0.29) is 18.1 Å². The molecule has 1 aromatic heterocycles. The number of hydrogen-bond acceptors (Lipinski definition) is 4. The minimum Gasteiger partial charge on any atom is -0.469 e. The molecule has 2 aromatic rings. The molecule has 2 rings (SSSR count). The van der Waals surface area contributed by atoms with Crippen molar-refractivity contribution >= 4 is 29.2 Å². The summed E-state index contributed by atoms with van der Waals surface area (Å²) in [6, 6.07) is 10.1. The molecule has 0 unspecified atom stereocenters. The second-order valence-corrected chi connectivity index (χ2v) is 4.66. The first-order valence-corrected chi connectivity index (χ1v) is 6.55. The molecular formula is C15H13ClN2O3. The Morgan fingerprint density at radius 3 is 2.76 bits per heavy atom. The van der Waals surface area contributed by atoms with Crippen LogP contribution in [0.2, 0.25) is 5.02 Å². The minimum absolute atomic E-state index is 0.0793. The molecule has 0 aliphatic heterocycles. The predicted octanol–water partition coefficient (Wildman–Crippen LogP) is 2.70. The fraction of sp³-hybridized carbons (Fsp3) is 0.133. The van der Waals surface area contributed by atoms with Crippen LogP contribution < -0.4 is 5.32 Å². The number of nitrogens with one attached hydrogen (secondary N) is 1. The maximum Gasteiger partial charge on any atom is 0.310 e. The summed E-state index contributed by atoms with van der Waals surface area (Å²) in [5.74, 6) is -0.771. The van der Waals surface area contributed by atoms with Crippen molar-refractivity contribution in [2.75, 3.05) is 12.4 Å². The number of amides is 1. The van der Waals surface area contributed by atoms with Gasteiger partial charge in [-0.3, -0.25) is 14.6 Å². The standard InChI is InChI=1S/C15H13ClN2O3/c1-21-14(19)8-10-4-2-3-5-12(10)18-15(20)13-9-11(16)6-7-17-13/h2-7,9H,8H2,1H3,(H,18,20). The van der Waals surface area contributed by atoms with Crippen LogP contribution >= 0.6 is 11.6 Å². The lowest BCUT2D eigenvalue weighted by molar-refractivity contribution is -0.139. The van der Waals surface area contributed by atoms with Crippen molar-refractivity contribution in [1.82, 2.24) is 4.98 Å². The van der Waals surface area contributed by atoms with Crippen LogP contribution in [-0.2, 0) is 16.0 Å². The molecule has 108 valence electrons. The fourth-order valence-electron chi connectivity index (χ4n) is 1.74. The molecule has 1 amide bonds. The van der Waals surface area contributed by atoms with Crippen molar-refractivity contribution in [3.63, 3.8) is 0 Å². The van der Waals surface area contributed by atoms with Gasteiger partial charge in [0.05, 0.1) is 13.5 Å². The van der Waals surface area contributed by atoms with Gasteiger partial charge >= 0.3 is 5.97 Å². The number of esters is 1. The number of nitrogens with zero attached hydrogens (tertiary/aromatic N) is 1. The van der Waals surface area contributed by atoms with Gasteiger partial charge in [-0.05, 0) is 23.8 Å². The van der Waals surface area contributed by atoms with Crippen molar-refractivity contribution in [1.29, 1.82) is 0 Å². The Kier molecular flexibility index (Phi) is 4.90. The summed E-state index contributed by atoms with van der Waals surface area (Å²) < 4.78 is 4.63. The molecule has 0 bridgehead atoms. The molecule has 5 nitrogen and oxygen atoms in total. The Morgan fingerprint density at radius 2 is 2.05 bits per heavy atom. The van der Waals surface area contributed by atoms with E-state index in [0.29, 0.717) is 16.3 Å². The second kappa shape index (κ2) is 6.85. The number of aromatic nitrogens is 1.